The van der Waals surface area contributed by atoms with Crippen LogP contribution < -0.4 is 9.92 Å². The molecule has 0 radical (unpaired) electrons. The lowest BCUT2D eigenvalue weighted by atomic mass is 9.77. The van der Waals surface area contributed by atoms with Gasteiger partial charge < -0.3 is 14.7 Å². The van der Waals surface area contributed by atoms with Crippen LogP contribution in [0.5, 0.6) is 5.75 Å². The van der Waals surface area contributed by atoms with Gasteiger partial charge >= 0.3 is 21.8 Å². The van der Waals surface area contributed by atoms with E-state index < -0.39 is 74.2 Å². The number of amides is 1. The van der Waals surface area contributed by atoms with E-state index in [0.29, 0.717) is 19.1 Å². The zero-order valence-corrected chi connectivity index (χ0v) is 15.8. The number of rotatable bonds is 4. The molecule has 0 aromatic heterocycles. The highest BCUT2D eigenvalue weighted by molar-refractivity contribution is 7.88. The second-order valence-corrected chi connectivity index (χ2v) is 8.16. The van der Waals surface area contributed by atoms with Crippen LogP contribution >= 0.6 is 0 Å². The van der Waals surface area contributed by atoms with E-state index in [-0.39, 0.29) is 0 Å². The highest BCUT2D eigenvalue weighted by atomic mass is 32.2. The lowest BCUT2D eigenvalue weighted by Crippen LogP contribution is -2.47. The van der Waals surface area contributed by atoms with E-state index in [1.807, 2.05) is 0 Å². The van der Waals surface area contributed by atoms with Gasteiger partial charge in [0.25, 0.3) is 0 Å². The van der Waals surface area contributed by atoms with E-state index in [0.717, 1.165) is 6.92 Å². The molecule has 0 aliphatic carbocycles. The van der Waals surface area contributed by atoms with Gasteiger partial charge in [-0.25, -0.2) is 4.39 Å². The fourth-order valence-electron chi connectivity index (χ4n) is 3.09. The quantitative estimate of drug-likeness (QED) is 0.414. The summed E-state index contributed by atoms with van der Waals surface area (Å²) < 4.78 is 137. The van der Waals surface area contributed by atoms with Crippen LogP contribution in [0, 0.1) is 17.6 Å². The first-order valence-corrected chi connectivity index (χ1v) is 9.28. The van der Waals surface area contributed by atoms with Crippen molar-refractivity contribution in [1.29, 1.82) is 0 Å². The fraction of sp³-hybridized carbons (Fsp3) is 0.533. The van der Waals surface area contributed by atoms with Gasteiger partial charge in [0.05, 0.1) is 0 Å². The van der Waals surface area contributed by atoms with Gasteiger partial charge in [-0.15, -0.1) is 0 Å². The third-order valence-electron chi connectivity index (χ3n) is 4.86. The summed E-state index contributed by atoms with van der Waals surface area (Å²) in [7, 11) is -6.54. The predicted octanol–water partition coefficient (Wildman–Crippen LogP) is 3.12. The van der Waals surface area contributed by atoms with Gasteiger partial charge in [0.1, 0.15) is 6.10 Å². The molecule has 170 valence electrons. The molecule has 30 heavy (non-hydrogen) atoms. The minimum atomic E-state index is -6.54. The predicted molar refractivity (Wildman–Crippen MR) is 82.4 cm³/mol. The number of benzene rings is 1. The normalized spacial score (nSPS) is 27.9. The summed E-state index contributed by atoms with van der Waals surface area (Å²) in [5.41, 5.74) is -5.10. The van der Waals surface area contributed by atoms with Gasteiger partial charge in [-0.05, 0) is 13.0 Å². The lowest BCUT2D eigenvalue weighted by Gasteiger charge is -2.32. The maximum Gasteiger partial charge on any atom is 0.534 e. The first-order valence-electron chi connectivity index (χ1n) is 7.87. The molecule has 1 heterocycles. The van der Waals surface area contributed by atoms with E-state index in [1.165, 1.54) is 0 Å². The maximum absolute atomic E-state index is 14.2. The van der Waals surface area contributed by atoms with Gasteiger partial charge in [-0.1, -0.05) is 13.0 Å². The van der Waals surface area contributed by atoms with Crippen LogP contribution in [0.1, 0.15) is 25.3 Å². The SMILES string of the molecule is C[C@H]1[C@@H](c2ccc(F)c(F)c2OS(=O)(=O)C(F)(F)F)[C@H](C(N)=O)O[C@@]1(C)C(F)(F)F. The van der Waals surface area contributed by atoms with Gasteiger partial charge in [0.2, 0.25) is 11.7 Å². The Morgan fingerprint density at radius 3 is 2.13 bits per heavy atom. The number of hydrogen-bond donors (Lipinski definition) is 1. The second-order valence-electron chi connectivity index (χ2n) is 6.62. The zero-order valence-electron chi connectivity index (χ0n) is 14.9. The van der Waals surface area contributed by atoms with Crippen LogP contribution in [0.4, 0.5) is 35.1 Å². The minimum absolute atomic E-state index is 0.311. The molecule has 1 saturated heterocycles. The first kappa shape index (κ1) is 24.1. The number of hydrogen-bond acceptors (Lipinski definition) is 5. The Morgan fingerprint density at radius 1 is 1.17 bits per heavy atom. The molecule has 1 aliphatic heterocycles. The number of halogens is 8. The molecule has 6 nitrogen and oxygen atoms in total. The van der Waals surface area contributed by atoms with Crippen LogP contribution in [-0.4, -0.2) is 37.7 Å². The lowest BCUT2D eigenvalue weighted by molar-refractivity contribution is -0.272. The molecule has 1 fully saturated rings. The van der Waals surface area contributed by atoms with Gasteiger partial charge in [-0.2, -0.15) is 39.2 Å². The van der Waals surface area contributed by atoms with E-state index in [1.54, 1.807) is 0 Å². The summed E-state index contributed by atoms with van der Waals surface area (Å²) in [6.45, 7) is 1.38. The smallest absolute Gasteiger partial charge is 0.372 e. The molecule has 0 saturated carbocycles. The molecule has 0 bridgehead atoms. The van der Waals surface area contributed by atoms with Crippen molar-refractivity contribution in [1.82, 2.24) is 0 Å². The summed E-state index contributed by atoms with van der Waals surface area (Å²) >= 11 is 0. The number of alkyl halides is 6. The van der Waals surface area contributed by atoms with Crippen molar-refractivity contribution in [2.45, 2.75) is 43.2 Å². The molecule has 0 unspecified atom stereocenters. The summed E-state index contributed by atoms with van der Waals surface area (Å²) in [6.07, 6.45) is -7.29. The van der Waals surface area contributed by atoms with Crippen molar-refractivity contribution in [3.8, 4) is 5.75 Å². The maximum atomic E-state index is 14.2. The van der Waals surface area contributed by atoms with Crippen LogP contribution in [0.15, 0.2) is 12.1 Å². The first-order chi connectivity index (χ1) is 13.3. The van der Waals surface area contributed by atoms with E-state index in [2.05, 4.69) is 4.18 Å². The molecule has 1 aliphatic rings. The van der Waals surface area contributed by atoms with Gasteiger partial charge in [0.15, 0.2) is 17.2 Å². The zero-order chi connectivity index (χ0) is 23.4. The third kappa shape index (κ3) is 3.79. The van der Waals surface area contributed by atoms with E-state index >= 15 is 0 Å². The average molecular weight is 471 g/mol. The molecule has 1 aromatic carbocycles. The Balaban J connectivity index is 2.74. The summed E-state index contributed by atoms with van der Waals surface area (Å²) in [5.74, 6) is -11.2. The Bertz CT molecular complexity index is 961. The monoisotopic (exact) mass is 471 g/mol. The van der Waals surface area contributed by atoms with Crippen LogP contribution in [-0.2, 0) is 19.6 Å². The van der Waals surface area contributed by atoms with Crippen molar-refractivity contribution in [3.05, 3.63) is 29.3 Å². The van der Waals surface area contributed by atoms with Crippen molar-refractivity contribution >= 4 is 16.0 Å². The second kappa shape index (κ2) is 7.21. The Kier molecular flexibility index (Phi) is 5.80. The third-order valence-corrected chi connectivity index (χ3v) is 5.82. The van der Waals surface area contributed by atoms with Crippen LogP contribution in [0.2, 0.25) is 0 Å². The van der Waals surface area contributed by atoms with E-state index in [4.69, 9.17) is 10.5 Å². The van der Waals surface area contributed by atoms with Crippen molar-refractivity contribution < 1.29 is 57.3 Å². The van der Waals surface area contributed by atoms with Gasteiger partial charge in [0, 0.05) is 17.4 Å². The number of ether oxygens (including phenoxy) is 1. The van der Waals surface area contributed by atoms with E-state index in [9.17, 15) is 48.3 Å². The molecule has 15 heteroatoms. The number of carbonyl (C=O) groups excluding carboxylic acids is 1. The average Bonchev–Trinajstić information content (AvgIpc) is 2.84. The molecule has 1 aromatic rings. The van der Waals surface area contributed by atoms with Crippen molar-refractivity contribution in [2.24, 2.45) is 11.7 Å². The number of primary amides is 1. The highest BCUT2D eigenvalue weighted by Gasteiger charge is 2.65. The molecule has 1 amide bonds. The minimum Gasteiger partial charge on any atom is -0.372 e. The number of nitrogens with two attached hydrogens (primary N) is 1. The fourth-order valence-corrected chi connectivity index (χ4v) is 3.58. The molecule has 2 rings (SSSR count). The summed E-state index contributed by atoms with van der Waals surface area (Å²) in [6, 6.07) is 0.800. The molecule has 4 atom stereocenters. The Labute approximate surface area is 164 Å². The standard InChI is InChI=1S/C15H13F8NO5S/c1-5-8(11(12(24)25)28-13(5,2)14(18,19)20)6-3-4-7(16)9(17)10(6)29-30(26,27)15(21,22)23/h3-5,8,11H,1-2H3,(H2,24,25)/t5-,8-,11+,13+/m0/s1. The van der Waals surface area contributed by atoms with Crippen molar-refractivity contribution in [3.63, 3.8) is 0 Å². The Morgan fingerprint density at radius 2 is 1.70 bits per heavy atom. The van der Waals surface area contributed by atoms with Crippen LogP contribution in [0.3, 0.4) is 0 Å². The van der Waals surface area contributed by atoms with Gasteiger partial charge in [-0.3, -0.25) is 4.79 Å². The summed E-state index contributed by atoms with van der Waals surface area (Å²) in [5, 5.41) is 0. The Hall–Kier alpha value is -2.16. The summed E-state index contributed by atoms with van der Waals surface area (Å²) in [4.78, 5) is 11.7. The molecule has 2 N–H and O–H groups in total. The largest absolute Gasteiger partial charge is 0.534 e. The van der Waals surface area contributed by atoms with Crippen LogP contribution in [0.25, 0.3) is 0 Å². The number of carbonyl (C=O) groups is 1. The van der Waals surface area contributed by atoms with Crippen molar-refractivity contribution in [2.75, 3.05) is 0 Å². The molecular weight excluding hydrogens is 458 g/mol. The molecular formula is C15H13F8NO5S. The molecule has 0 spiro atoms. The highest BCUT2D eigenvalue weighted by Crippen LogP contribution is 2.55. The topological polar surface area (TPSA) is 95.7 Å².